The predicted octanol–water partition coefficient (Wildman–Crippen LogP) is 1.54. The SMILES string of the molecule is COCCNC(=O)CCc1cccc(C2CCCN2C)n1. The number of nitrogens with one attached hydrogen (secondary N) is 1. The highest BCUT2D eigenvalue weighted by atomic mass is 16.5. The Kier molecular flexibility index (Phi) is 6.14. The number of aromatic nitrogens is 1. The van der Waals surface area contributed by atoms with Gasteiger partial charge in [0.2, 0.25) is 5.91 Å². The summed E-state index contributed by atoms with van der Waals surface area (Å²) in [6.45, 7) is 2.25. The van der Waals surface area contributed by atoms with E-state index >= 15 is 0 Å². The van der Waals surface area contributed by atoms with Crippen LogP contribution in [0.15, 0.2) is 18.2 Å². The molecule has 0 spiro atoms. The van der Waals surface area contributed by atoms with Crippen molar-refractivity contribution in [2.45, 2.75) is 31.7 Å². The number of carbonyl (C=O) groups is 1. The first kappa shape index (κ1) is 15.9. The van der Waals surface area contributed by atoms with E-state index in [9.17, 15) is 4.79 Å². The van der Waals surface area contributed by atoms with Gasteiger partial charge in [0.15, 0.2) is 0 Å². The number of hydrogen-bond acceptors (Lipinski definition) is 4. The zero-order valence-electron chi connectivity index (χ0n) is 13.0. The van der Waals surface area contributed by atoms with Gasteiger partial charge >= 0.3 is 0 Å². The Morgan fingerprint density at radius 1 is 1.52 bits per heavy atom. The molecule has 1 aromatic rings. The number of hydrogen-bond donors (Lipinski definition) is 1. The van der Waals surface area contributed by atoms with Gasteiger partial charge in [-0.15, -0.1) is 0 Å². The number of aryl methyl sites for hydroxylation is 1. The van der Waals surface area contributed by atoms with Crippen molar-refractivity contribution in [1.29, 1.82) is 0 Å². The van der Waals surface area contributed by atoms with E-state index in [-0.39, 0.29) is 5.91 Å². The third-order valence-corrected chi connectivity index (χ3v) is 3.93. The molecule has 1 fully saturated rings. The molecule has 2 heterocycles. The maximum Gasteiger partial charge on any atom is 0.220 e. The minimum atomic E-state index is 0.0530. The maximum atomic E-state index is 11.7. The molecule has 0 radical (unpaired) electrons. The molecule has 0 bridgehead atoms. The smallest absolute Gasteiger partial charge is 0.220 e. The number of likely N-dealkylation sites (tertiary alicyclic amines) is 1. The van der Waals surface area contributed by atoms with Crippen LogP contribution >= 0.6 is 0 Å². The Morgan fingerprint density at radius 2 is 2.38 bits per heavy atom. The van der Waals surface area contributed by atoms with Crippen molar-refractivity contribution in [2.75, 3.05) is 33.9 Å². The van der Waals surface area contributed by atoms with Crippen LogP contribution in [0.4, 0.5) is 0 Å². The van der Waals surface area contributed by atoms with E-state index in [1.54, 1.807) is 7.11 Å². The Bertz CT molecular complexity index is 465. The average molecular weight is 291 g/mol. The fraction of sp³-hybridized carbons (Fsp3) is 0.625. The number of amides is 1. The molecule has 5 heteroatoms. The van der Waals surface area contributed by atoms with Crippen molar-refractivity contribution in [3.63, 3.8) is 0 Å². The lowest BCUT2D eigenvalue weighted by Gasteiger charge is -2.19. The lowest BCUT2D eigenvalue weighted by atomic mass is 10.1. The molecular weight excluding hydrogens is 266 g/mol. The van der Waals surface area contributed by atoms with Gasteiger partial charge in [-0.1, -0.05) is 6.07 Å². The van der Waals surface area contributed by atoms with Crippen molar-refractivity contribution in [3.8, 4) is 0 Å². The van der Waals surface area contributed by atoms with Crippen LogP contribution in [0.25, 0.3) is 0 Å². The summed E-state index contributed by atoms with van der Waals surface area (Å²) in [6, 6.07) is 6.57. The van der Waals surface area contributed by atoms with Crippen LogP contribution in [0.3, 0.4) is 0 Å². The van der Waals surface area contributed by atoms with Gasteiger partial charge in [-0.3, -0.25) is 14.7 Å². The number of nitrogens with zero attached hydrogens (tertiary/aromatic N) is 2. The monoisotopic (exact) mass is 291 g/mol. The molecule has 0 saturated carbocycles. The van der Waals surface area contributed by atoms with Crippen molar-refractivity contribution in [1.82, 2.24) is 15.2 Å². The average Bonchev–Trinajstić information content (AvgIpc) is 2.92. The number of methoxy groups -OCH3 is 1. The van der Waals surface area contributed by atoms with Gasteiger partial charge in [0.05, 0.1) is 18.3 Å². The lowest BCUT2D eigenvalue weighted by Crippen LogP contribution is -2.27. The fourth-order valence-corrected chi connectivity index (χ4v) is 2.73. The van der Waals surface area contributed by atoms with Gasteiger partial charge in [0, 0.05) is 25.8 Å². The number of pyridine rings is 1. The second-order valence-electron chi connectivity index (χ2n) is 5.54. The molecule has 1 N–H and O–H groups in total. The van der Waals surface area contributed by atoms with Crippen LogP contribution in [0.2, 0.25) is 0 Å². The molecule has 1 aromatic heterocycles. The Morgan fingerprint density at radius 3 is 3.10 bits per heavy atom. The van der Waals surface area contributed by atoms with E-state index in [0.29, 0.717) is 32.0 Å². The first-order valence-corrected chi connectivity index (χ1v) is 7.62. The molecule has 21 heavy (non-hydrogen) atoms. The van der Waals surface area contributed by atoms with Gasteiger partial charge < -0.3 is 10.1 Å². The summed E-state index contributed by atoms with van der Waals surface area (Å²) in [5.41, 5.74) is 2.13. The van der Waals surface area contributed by atoms with Crippen LogP contribution < -0.4 is 5.32 Å². The van der Waals surface area contributed by atoms with E-state index < -0.39 is 0 Å². The largest absolute Gasteiger partial charge is 0.383 e. The van der Waals surface area contributed by atoms with Crippen molar-refractivity contribution in [3.05, 3.63) is 29.6 Å². The zero-order chi connectivity index (χ0) is 15.1. The molecule has 2 rings (SSSR count). The fourth-order valence-electron chi connectivity index (χ4n) is 2.73. The van der Waals surface area contributed by atoms with E-state index in [2.05, 4.69) is 23.3 Å². The van der Waals surface area contributed by atoms with Gasteiger partial charge in [-0.05, 0) is 45.0 Å². The van der Waals surface area contributed by atoms with E-state index in [0.717, 1.165) is 17.9 Å². The summed E-state index contributed by atoms with van der Waals surface area (Å²) in [5, 5.41) is 2.83. The highest BCUT2D eigenvalue weighted by Crippen LogP contribution is 2.28. The standard InChI is InChI=1S/C16H25N3O2/c1-19-11-4-7-15(19)14-6-3-5-13(18-14)8-9-16(20)17-10-12-21-2/h3,5-6,15H,4,7-12H2,1-2H3,(H,17,20). The number of rotatable bonds is 7. The topological polar surface area (TPSA) is 54.5 Å². The van der Waals surface area contributed by atoms with Crippen LogP contribution in [-0.4, -0.2) is 49.6 Å². The third-order valence-electron chi connectivity index (χ3n) is 3.93. The molecule has 1 amide bonds. The summed E-state index contributed by atoms with van der Waals surface area (Å²) >= 11 is 0. The molecule has 1 atom stereocenters. The van der Waals surface area contributed by atoms with E-state index in [1.165, 1.54) is 12.8 Å². The van der Waals surface area contributed by atoms with Crippen molar-refractivity contribution in [2.24, 2.45) is 0 Å². The second-order valence-corrected chi connectivity index (χ2v) is 5.54. The molecule has 1 aliphatic rings. The molecule has 1 unspecified atom stereocenters. The lowest BCUT2D eigenvalue weighted by molar-refractivity contribution is -0.121. The molecule has 0 aromatic carbocycles. The maximum absolute atomic E-state index is 11.7. The first-order chi connectivity index (χ1) is 10.2. The van der Waals surface area contributed by atoms with Crippen LogP contribution in [-0.2, 0) is 16.0 Å². The Balaban J connectivity index is 1.85. The molecule has 116 valence electrons. The minimum absolute atomic E-state index is 0.0530. The van der Waals surface area contributed by atoms with Crippen molar-refractivity contribution >= 4 is 5.91 Å². The zero-order valence-corrected chi connectivity index (χ0v) is 13.0. The van der Waals surface area contributed by atoms with E-state index in [4.69, 9.17) is 9.72 Å². The molecular formula is C16H25N3O2. The molecule has 5 nitrogen and oxygen atoms in total. The Labute approximate surface area is 126 Å². The van der Waals surface area contributed by atoms with Gasteiger partial charge in [0.25, 0.3) is 0 Å². The van der Waals surface area contributed by atoms with E-state index in [1.807, 2.05) is 12.1 Å². The predicted molar refractivity (Wildman–Crippen MR) is 82.0 cm³/mol. The number of carbonyl (C=O) groups excluding carboxylic acids is 1. The summed E-state index contributed by atoms with van der Waals surface area (Å²) in [4.78, 5) is 18.8. The minimum Gasteiger partial charge on any atom is -0.383 e. The van der Waals surface area contributed by atoms with Gasteiger partial charge in [-0.25, -0.2) is 0 Å². The van der Waals surface area contributed by atoms with Gasteiger partial charge in [0.1, 0.15) is 0 Å². The summed E-state index contributed by atoms with van der Waals surface area (Å²) < 4.78 is 4.91. The van der Waals surface area contributed by atoms with Crippen molar-refractivity contribution < 1.29 is 9.53 Å². The van der Waals surface area contributed by atoms with Gasteiger partial charge in [-0.2, -0.15) is 0 Å². The highest BCUT2D eigenvalue weighted by Gasteiger charge is 2.23. The first-order valence-electron chi connectivity index (χ1n) is 7.62. The van der Waals surface area contributed by atoms with Crippen LogP contribution in [0.5, 0.6) is 0 Å². The molecule has 1 aliphatic heterocycles. The molecule has 1 saturated heterocycles. The second kappa shape index (κ2) is 8.10. The highest BCUT2D eigenvalue weighted by molar-refractivity contribution is 5.76. The number of ether oxygens (including phenoxy) is 1. The van der Waals surface area contributed by atoms with Crippen LogP contribution in [0, 0.1) is 0 Å². The Hall–Kier alpha value is -1.46. The summed E-state index contributed by atoms with van der Waals surface area (Å²) in [7, 11) is 3.77. The summed E-state index contributed by atoms with van der Waals surface area (Å²) in [5.74, 6) is 0.0530. The molecule has 0 aliphatic carbocycles. The summed E-state index contributed by atoms with van der Waals surface area (Å²) in [6.07, 6.45) is 3.56. The quantitative estimate of drug-likeness (QED) is 0.774. The van der Waals surface area contributed by atoms with Crippen LogP contribution in [0.1, 0.15) is 36.7 Å². The third kappa shape index (κ3) is 4.79. The normalized spacial score (nSPS) is 18.9.